The summed E-state index contributed by atoms with van der Waals surface area (Å²) in [7, 11) is 3.93. The summed E-state index contributed by atoms with van der Waals surface area (Å²) in [5.41, 5.74) is 3.77. The van der Waals surface area contributed by atoms with Crippen molar-refractivity contribution in [3.63, 3.8) is 0 Å². The van der Waals surface area contributed by atoms with Crippen molar-refractivity contribution in [2.24, 2.45) is 0 Å². The molecule has 0 saturated carbocycles. The molecule has 3 heterocycles. The van der Waals surface area contributed by atoms with Crippen LogP contribution in [-0.4, -0.2) is 61.2 Å². The lowest BCUT2D eigenvalue weighted by molar-refractivity contribution is 0.196. The molecule has 2 aromatic rings. The van der Waals surface area contributed by atoms with E-state index in [9.17, 15) is 0 Å². The minimum Gasteiger partial charge on any atom is -0.497 e. The topological polar surface area (TPSA) is 31.8 Å². The third-order valence-electron chi connectivity index (χ3n) is 5.32. The molecule has 6 heteroatoms. The van der Waals surface area contributed by atoms with E-state index < -0.39 is 0 Å². The highest BCUT2D eigenvalue weighted by atomic mass is 79.9. The molecule has 0 bridgehead atoms. The SMILES string of the molecule is COc1ccc(CN2Cc3nc(Br)ccc3N3CCN(C)CC3C2)cc1. The first-order valence-corrected chi connectivity index (χ1v) is 9.87. The normalized spacial score (nSPS) is 21.0. The lowest BCUT2D eigenvalue weighted by Crippen LogP contribution is -2.55. The van der Waals surface area contributed by atoms with Crippen LogP contribution in [0.5, 0.6) is 5.75 Å². The average Bonchev–Trinajstić information content (AvgIpc) is 2.77. The summed E-state index contributed by atoms with van der Waals surface area (Å²) in [5.74, 6) is 0.903. The Morgan fingerprint density at radius 1 is 1.12 bits per heavy atom. The number of hydrogen-bond acceptors (Lipinski definition) is 5. The number of hydrogen-bond donors (Lipinski definition) is 0. The number of benzene rings is 1. The molecule has 0 aliphatic carbocycles. The van der Waals surface area contributed by atoms with Crippen molar-refractivity contribution in [1.29, 1.82) is 0 Å². The number of likely N-dealkylation sites (N-methyl/N-ethyl adjacent to an activating group) is 1. The fourth-order valence-corrected chi connectivity index (χ4v) is 4.36. The Kier molecular flexibility index (Phi) is 5.16. The first-order chi connectivity index (χ1) is 12.6. The van der Waals surface area contributed by atoms with Gasteiger partial charge in [-0.1, -0.05) is 12.1 Å². The molecule has 4 rings (SSSR count). The third kappa shape index (κ3) is 3.72. The number of pyridine rings is 1. The molecular weight excluding hydrogens is 392 g/mol. The Hall–Kier alpha value is -1.63. The van der Waals surface area contributed by atoms with E-state index in [1.165, 1.54) is 16.9 Å². The van der Waals surface area contributed by atoms with E-state index in [0.717, 1.165) is 49.6 Å². The Balaban J connectivity index is 1.61. The molecule has 1 unspecified atom stereocenters. The average molecular weight is 417 g/mol. The van der Waals surface area contributed by atoms with Crippen LogP contribution in [0.1, 0.15) is 11.3 Å². The summed E-state index contributed by atoms with van der Waals surface area (Å²) in [4.78, 5) is 12.3. The molecule has 0 N–H and O–H groups in total. The zero-order valence-corrected chi connectivity index (χ0v) is 16.9. The van der Waals surface area contributed by atoms with Gasteiger partial charge in [0.25, 0.3) is 0 Å². The summed E-state index contributed by atoms with van der Waals surface area (Å²) < 4.78 is 6.19. The van der Waals surface area contributed by atoms with Gasteiger partial charge in [-0.3, -0.25) is 4.90 Å². The molecule has 1 aromatic carbocycles. The lowest BCUT2D eigenvalue weighted by atomic mass is 10.1. The van der Waals surface area contributed by atoms with Crippen molar-refractivity contribution < 1.29 is 4.74 Å². The molecule has 2 aliphatic heterocycles. The van der Waals surface area contributed by atoms with Gasteiger partial charge in [0.1, 0.15) is 10.4 Å². The number of anilines is 1. The van der Waals surface area contributed by atoms with Crippen molar-refractivity contribution in [2.75, 3.05) is 45.2 Å². The van der Waals surface area contributed by atoms with Gasteiger partial charge in [0.2, 0.25) is 0 Å². The third-order valence-corrected chi connectivity index (χ3v) is 5.76. The molecule has 1 saturated heterocycles. The van der Waals surface area contributed by atoms with Crippen LogP contribution >= 0.6 is 15.9 Å². The van der Waals surface area contributed by atoms with E-state index in [-0.39, 0.29) is 0 Å². The Bertz CT molecular complexity index is 767. The van der Waals surface area contributed by atoms with Gasteiger partial charge in [0, 0.05) is 39.3 Å². The number of rotatable bonds is 3. The van der Waals surface area contributed by atoms with Crippen molar-refractivity contribution in [3.8, 4) is 5.75 Å². The maximum absolute atomic E-state index is 5.28. The monoisotopic (exact) mass is 416 g/mol. The number of methoxy groups -OCH3 is 1. The van der Waals surface area contributed by atoms with E-state index >= 15 is 0 Å². The molecule has 0 spiro atoms. The van der Waals surface area contributed by atoms with E-state index in [0.29, 0.717) is 6.04 Å². The number of aromatic nitrogens is 1. The van der Waals surface area contributed by atoms with Crippen LogP contribution in [0.4, 0.5) is 5.69 Å². The zero-order valence-electron chi connectivity index (χ0n) is 15.4. The summed E-state index contributed by atoms with van der Waals surface area (Å²) in [5, 5.41) is 0. The second-order valence-electron chi connectivity index (χ2n) is 7.23. The smallest absolute Gasteiger partial charge is 0.118 e. The number of nitrogens with zero attached hydrogens (tertiary/aromatic N) is 4. The fraction of sp³-hybridized carbons (Fsp3) is 0.450. The van der Waals surface area contributed by atoms with Crippen LogP contribution in [0.3, 0.4) is 0 Å². The molecule has 5 nitrogen and oxygen atoms in total. The lowest BCUT2D eigenvalue weighted by Gasteiger charge is -2.41. The summed E-state index contributed by atoms with van der Waals surface area (Å²) in [6.45, 7) is 6.10. The number of fused-ring (bicyclic) bond motifs is 3. The van der Waals surface area contributed by atoms with Crippen molar-refractivity contribution >= 4 is 21.6 Å². The molecule has 26 heavy (non-hydrogen) atoms. The highest BCUT2D eigenvalue weighted by Crippen LogP contribution is 2.30. The largest absolute Gasteiger partial charge is 0.497 e. The summed E-state index contributed by atoms with van der Waals surface area (Å²) >= 11 is 3.55. The van der Waals surface area contributed by atoms with Crippen LogP contribution in [0, 0.1) is 0 Å². The predicted octanol–water partition coefficient (Wildman–Crippen LogP) is 2.99. The van der Waals surface area contributed by atoms with E-state index in [4.69, 9.17) is 9.72 Å². The summed E-state index contributed by atoms with van der Waals surface area (Å²) in [6, 6.07) is 13.2. The second-order valence-corrected chi connectivity index (χ2v) is 8.04. The number of ether oxygens (including phenoxy) is 1. The Labute approximate surface area is 163 Å². The van der Waals surface area contributed by atoms with Crippen LogP contribution in [-0.2, 0) is 13.1 Å². The van der Waals surface area contributed by atoms with Gasteiger partial charge in [-0.15, -0.1) is 0 Å². The van der Waals surface area contributed by atoms with E-state index in [1.54, 1.807) is 7.11 Å². The second kappa shape index (κ2) is 7.55. The zero-order chi connectivity index (χ0) is 18.1. The maximum atomic E-state index is 5.28. The molecule has 0 radical (unpaired) electrons. The van der Waals surface area contributed by atoms with Gasteiger partial charge in [-0.05, 0) is 52.8 Å². The molecule has 0 amide bonds. The van der Waals surface area contributed by atoms with Gasteiger partial charge < -0.3 is 14.5 Å². The molecule has 1 atom stereocenters. The van der Waals surface area contributed by atoms with Crippen molar-refractivity contribution in [3.05, 3.63) is 52.3 Å². The summed E-state index contributed by atoms with van der Waals surface area (Å²) in [6.07, 6.45) is 0. The van der Waals surface area contributed by atoms with Crippen LogP contribution in [0.2, 0.25) is 0 Å². The van der Waals surface area contributed by atoms with E-state index in [2.05, 4.69) is 61.9 Å². The quantitative estimate of drug-likeness (QED) is 0.717. The van der Waals surface area contributed by atoms with Gasteiger partial charge in [0.05, 0.1) is 24.5 Å². The first kappa shape index (κ1) is 17.8. The molecule has 1 fully saturated rings. The van der Waals surface area contributed by atoms with Crippen LogP contribution in [0.25, 0.3) is 0 Å². The van der Waals surface area contributed by atoms with Crippen LogP contribution < -0.4 is 9.64 Å². The fourth-order valence-electron chi connectivity index (χ4n) is 4.01. The van der Waals surface area contributed by atoms with Gasteiger partial charge in [-0.2, -0.15) is 0 Å². The van der Waals surface area contributed by atoms with Gasteiger partial charge in [0.15, 0.2) is 0 Å². The minimum atomic E-state index is 0.497. The number of piperazine rings is 1. The molecule has 1 aromatic heterocycles. The van der Waals surface area contributed by atoms with Gasteiger partial charge in [-0.25, -0.2) is 4.98 Å². The Morgan fingerprint density at radius 3 is 2.69 bits per heavy atom. The molecule has 138 valence electrons. The van der Waals surface area contributed by atoms with Crippen molar-refractivity contribution in [1.82, 2.24) is 14.8 Å². The van der Waals surface area contributed by atoms with Gasteiger partial charge >= 0.3 is 0 Å². The maximum Gasteiger partial charge on any atom is 0.118 e. The molecule has 2 aliphatic rings. The van der Waals surface area contributed by atoms with E-state index in [1.807, 2.05) is 12.1 Å². The first-order valence-electron chi connectivity index (χ1n) is 9.08. The molecular formula is C20H25BrN4O. The predicted molar refractivity (Wildman–Crippen MR) is 108 cm³/mol. The highest BCUT2D eigenvalue weighted by molar-refractivity contribution is 9.10. The Morgan fingerprint density at radius 2 is 1.92 bits per heavy atom. The highest BCUT2D eigenvalue weighted by Gasteiger charge is 2.32. The van der Waals surface area contributed by atoms with Crippen molar-refractivity contribution in [2.45, 2.75) is 19.1 Å². The van der Waals surface area contributed by atoms with Crippen LogP contribution in [0.15, 0.2) is 41.0 Å². The standard InChI is InChI=1S/C20H25BrN4O/c1-23-9-10-25-16(12-23)13-24(11-15-3-5-17(26-2)6-4-15)14-18-19(25)7-8-20(21)22-18/h3-8,16H,9-14H2,1-2H3. The minimum absolute atomic E-state index is 0.497. The number of halogens is 1.